The number of halogens is 4. The summed E-state index contributed by atoms with van der Waals surface area (Å²) in [5.41, 5.74) is -0.114. The lowest BCUT2D eigenvalue weighted by atomic mass is 9.94. The first-order valence-corrected chi connectivity index (χ1v) is 9.52. The smallest absolute Gasteiger partial charge is 0.316 e. The molecule has 3 rings (SSSR count). The third-order valence-electron chi connectivity index (χ3n) is 4.27. The molecule has 9 heteroatoms. The van der Waals surface area contributed by atoms with Gasteiger partial charge in [-0.2, -0.15) is 13.2 Å². The van der Waals surface area contributed by atoms with Crippen molar-refractivity contribution in [3.63, 3.8) is 0 Å². The molecule has 1 aliphatic rings. The largest absolute Gasteiger partial charge is 0.416 e. The van der Waals surface area contributed by atoms with Crippen molar-refractivity contribution in [2.24, 2.45) is 0 Å². The Morgan fingerprint density at radius 1 is 1.24 bits per heavy atom. The van der Waals surface area contributed by atoms with Gasteiger partial charge in [-0.3, -0.25) is 0 Å². The molecule has 1 N–H and O–H groups in total. The fourth-order valence-corrected chi connectivity index (χ4v) is 4.65. The molecule has 1 aromatic heterocycles. The fraction of sp³-hybridized carbons (Fsp3) is 0.375. The number of benzene rings is 1. The summed E-state index contributed by atoms with van der Waals surface area (Å²) in [6.07, 6.45) is 0.278. The van der Waals surface area contributed by atoms with Gasteiger partial charge in [0.1, 0.15) is 4.90 Å². The molecular formula is C16H16ClF3N2O2S. The Morgan fingerprint density at radius 2 is 2.00 bits per heavy atom. The predicted octanol–water partition coefficient (Wildman–Crippen LogP) is 3.86. The molecule has 1 fully saturated rings. The zero-order chi connectivity index (χ0) is 18.2. The van der Waals surface area contributed by atoms with E-state index in [4.69, 9.17) is 11.6 Å². The van der Waals surface area contributed by atoms with Gasteiger partial charge in [0.2, 0.25) is 0 Å². The summed E-state index contributed by atoms with van der Waals surface area (Å²) in [5.74, 6) is 0.216. The van der Waals surface area contributed by atoms with E-state index in [9.17, 15) is 21.6 Å². The van der Waals surface area contributed by atoms with Crippen LogP contribution >= 0.6 is 11.6 Å². The Bertz CT molecular complexity index is 872. The lowest BCUT2D eigenvalue weighted by Gasteiger charge is -2.21. The first-order chi connectivity index (χ1) is 11.7. The van der Waals surface area contributed by atoms with E-state index in [0.717, 1.165) is 41.5 Å². The predicted molar refractivity (Wildman–Crippen MR) is 88.3 cm³/mol. The van der Waals surface area contributed by atoms with Crippen LogP contribution in [0, 0.1) is 0 Å². The highest BCUT2D eigenvalue weighted by Crippen LogP contribution is 2.34. The Morgan fingerprint density at radius 3 is 2.60 bits per heavy atom. The maximum Gasteiger partial charge on any atom is 0.416 e. The molecule has 2 heterocycles. The van der Waals surface area contributed by atoms with Gasteiger partial charge in [-0.25, -0.2) is 12.4 Å². The van der Waals surface area contributed by atoms with E-state index in [1.165, 1.54) is 12.4 Å². The standard InChI is InChI=1S/C16H16ClF3N2O2S/c17-14-8-13(16(18,19)20)3-4-15(14)25(23,24)22-7-5-12(10-22)11-2-1-6-21-9-11/h3-5,7-8,10-11,21H,1-2,6,9H2. The summed E-state index contributed by atoms with van der Waals surface area (Å²) in [6, 6.07) is 3.95. The number of hydrogen-bond acceptors (Lipinski definition) is 3. The van der Waals surface area contributed by atoms with E-state index in [2.05, 4.69) is 5.32 Å². The number of aromatic nitrogens is 1. The fourth-order valence-electron chi connectivity index (χ4n) is 2.92. The number of hydrogen-bond donors (Lipinski definition) is 1. The lowest BCUT2D eigenvalue weighted by Crippen LogP contribution is -2.28. The topological polar surface area (TPSA) is 51.1 Å². The monoisotopic (exact) mass is 392 g/mol. The van der Waals surface area contributed by atoms with Crippen molar-refractivity contribution >= 4 is 21.6 Å². The minimum atomic E-state index is -4.58. The van der Waals surface area contributed by atoms with E-state index in [1.54, 1.807) is 6.07 Å². The van der Waals surface area contributed by atoms with Crippen LogP contribution < -0.4 is 5.32 Å². The van der Waals surface area contributed by atoms with Crippen molar-refractivity contribution in [3.8, 4) is 0 Å². The van der Waals surface area contributed by atoms with E-state index in [0.29, 0.717) is 12.1 Å². The van der Waals surface area contributed by atoms with Crippen molar-refractivity contribution in [1.29, 1.82) is 0 Å². The Labute approximate surface area is 148 Å². The molecule has 1 aliphatic heterocycles. The second kappa shape index (κ2) is 6.66. The molecule has 0 spiro atoms. The van der Waals surface area contributed by atoms with Gasteiger partial charge >= 0.3 is 6.18 Å². The van der Waals surface area contributed by atoms with E-state index in [1.807, 2.05) is 0 Å². The summed E-state index contributed by atoms with van der Waals surface area (Å²) >= 11 is 5.82. The van der Waals surface area contributed by atoms with Crippen LogP contribution in [0.5, 0.6) is 0 Å². The number of nitrogens with one attached hydrogen (secondary N) is 1. The molecule has 0 aliphatic carbocycles. The average Bonchev–Trinajstić information content (AvgIpc) is 3.05. The second-order valence-electron chi connectivity index (χ2n) is 5.97. The van der Waals surface area contributed by atoms with Gasteiger partial charge in [0.05, 0.1) is 10.6 Å². The van der Waals surface area contributed by atoms with Crippen molar-refractivity contribution in [2.45, 2.75) is 29.8 Å². The highest BCUT2D eigenvalue weighted by Gasteiger charge is 2.32. The lowest BCUT2D eigenvalue weighted by molar-refractivity contribution is -0.137. The van der Waals surface area contributed by atoms with Gasteiger partial charge in [-0.05, 0) is 55.1 Å². The van der Waals surface area contributed by atoms with Crippen LogP contribution in [-0.2, 0) is 16.2 Å². The molecule has 0 bridgehead atoms. The minimum Gasteiger partial charge on any atom is -0.316 e. The first-order valence-electron chi connectivity index (χ1n) is 7.70. The second-order valence-corrected chi connectivity index (χ2v) is 8.18. The third-order valence-corrected chi connectivity index (χ3v) is 6.39. The van der Waals surface area contributed by atoms with Crippen LogP contribution in [0.25, 0.3) is 0 Å². The molecule has 1 saturated heterocycles. The van der Waals surface area contributed by atoms with Crippen LogP contribution in [0.3, 0.4) is 0 Å². The summed E-state index contributed by atoms with van der Waals surface area (Å²) in [5, 5.41) is 2.80. The minimum absolute atomic E-state index is 0.216. The number of alkyl halides is 3. The Balaban J connectivity index is 1.93. The molecule has 0 saturated carbocycles. The molecule has 0 amide bonds. The van der Waals surface area contributed by atoms with E-state index < -0.39 is 26.8 Å². The molecule has 1 unspecified atom stereocenters. The summed E-state index contributed by atoms with van der Waals surface area (Å²) < 4.78 is 64.5. The van der Waals surface area contributed by atoms with Gasteiger partial charge in [-0.15, -0.1) is 0 Å². The maximum atomic E-state index is 12.7. The van der Waals surface area contributed by atoms with E-state index >= 15 is 0 Å². The van der Waals surface area contributed by atoms with Crippen molar-refractivity contribution < 1.29 is 21.6 Å². The molecule has 1 atom stereocenters. The van der Waals surface area contributed by atoms with Crippen molar-refractivity contribution in [1.82, 2.24) is 9.29 Å². The highest BCUT2D eigenvalue weighted by molar-refractivity contribution is 7.90. The van der Waals surface area contributed by atoms with Gasteiger partial charge in [0, 0.05) is 18.9 Å². The number of piperidine rings is 1. The quantitative estimate of drug-likeness (QED) is 0.862. The summed E-state index contributed by atoms with van der Waals surface area (Å²) in [4.78, 5) is -0.355. The summed E-state index contributed by atoms with van der Waals surface area (Å²) in [6.45, 7) is 1.71. The number of nitrogens with zero attached hydrogens (tertiary/aromatic N) is 1. The maximum absolute atomic E-state index is 12.7. The van der Waals surface area contributed by atoms with Gasteiger partial charge < -0.3 is 5.32 Å². The van der Waals surface area contributed by atoms with Crippen molar-refractivity contribution in [2.75, 3.05) is 13.1 Å². The Kier molecular flexibility index (Phi) is 4.87. The first kappa shape index (κ1) is 18.3. The third kappa shape index (κ3) is 3.70. The van der Waals surface area contributed by atoms with Gasteiger partial charge in [-0.1, -0.05) is 11.6 Å². The molecule has 136 valence electrons. The molecule has 1 aromatic carbocycles. The summed E-state index contributed by atoms with van der Waals surface area (Å²) in [7, 11) is -4.05. The molecule has 4 nitrogen and oxygen atoms in total. The van der Waals surface area contributed by atoms with Crippen molar-refractivity contribution in [3.05, 3.63) is 52.8 Å². The highest BCUT2D eigenvalue weighted by atomic mass is 35.5. The molecule has 0 radical (unpaired) electrons. The zero-order valence-electron chi connectivity index (χ0n) is 13.1. The van der Waals surface area contributed by atoms with Crippen LogP contribution in [0.4, 0.5) is 13.2 Å². The van der Waals surface area contributed by atoms with Gasteiger partial charge in [0.25, 0.3) is 10.0 Å². The molecule has 2 aromatic rings. The molecule has 25 heavy (non-hydrogen) atoms. The van der Waals surface area contributed by atoms with E-state index in [-0.39, 0.29) is 10.8 Å². The van der Waals surface area contributed by atoms with Crippen LogP contribution in [0.2, 0.25) is 5.02 Å². The average molecular weight is 393 g/mol. The number of rotatable bonds is 3. The Hall–Kier alpha value is -1.51. The van der Waals surface area contributed by atoms with Crippen LogP contribution in [0.1, 0.15) is 29.9 Å². The molecular weight excluding hydrogens is 377 g/mol. The SMILES string of the molecule is O=S(=O)(c1ccc(C(F)(F)F)cc1Cl)n1ccc(C2CCCNC2)c1. The van der Waals surface area contributed by atoms with Crippen LogP contribution in [0.15, 0.2) is 41.6 Å². The van der Waals surface area contributed by atoms with Gasteiger partial charge in [0.15, 0.2) is 0 Å². The van der Waals surface area contributed by atoms with Crippen LogP contribution in [-0.4, -0.2) is 25.5 Å². The normalized spacial score (nSPS) is 19.1. The zero-order valence-corrected chi connectivity index (χ0v) is 14.6.